The third-order valence-corrected chi connectivity index (χ3v) is 4.94. The number of hydrogen-bond donors (Lipinski definition) is 2. The lowest BCUT2D eigenvalue weighted by Crippen LogP contribution is -2.24. The first-order valence-corrected chi connectivity index (χ1v) is 8.01. The van der Waals surface area contributed by atoms with Gasteiger partial charge in [-0.3, -0.25) is 4.79 Å². The van der Waals surface area contributed by atoms with E-state index in [0.29, 0.717) is 6.54 Å². The lowest BCUT2D eigenvalue weighted by atomic mass is 10.1. The summed E-state index contributed by atoms with van der Waals surface area (Å²) in [6.45, 7) is 0.642. The van der Waals surface area contributed by atoms with E-state index in [1.807, 2.05) is 0 Å². The van der Waals surface area contributed by atoms with E-state index in [9.17, 15) is 4.79 Å². The van der Waals surface area contributed by atoms with Crippen molar-refractivity contribution in [1.82, 2.24) is 15.3 Å². The van der Waals surface area contributed by atoms with Gasteiger partial charge in [0.15, 0.2) is 0 Å². The fraction of sp³-hybridized carbons (Fsp3) is 0.467. The van der Waals surface area contributed by atoms with Gasteiger partial charge in [-0.2, -0.15) is 0 Å². The number of aryl methyl sites for hydroxylation is 2. The van der Waals surface area contributed by atoms with Gasteiger partial charge in [0.2, 0.25) is 0 Å². The molecule has 2 aromatic rings. The second kappa shape index (κ2) is 6.22. The number of amides is 1. The number of fused-ring (bicyclic) bond motifs is 1. The maximum Gasteiger partial charge on any atom is 0.261 e. The van der Waals surface area contributed by atoms with Gasteiger partial charge in [-0.05, 0) is 37.3 Å². The van der Waals surface area contributed by atoms with Crippen molar-refractivity contribution in [3.8, 4) is 0 Å². The van der Waals surface area contributed by atoms with Gasteiger partial charge >= 0.3 is 0 Å². The Kier molecular flexibility index (Phi) is 4.16. The van der Waals surface area contributed by atoms with E-state index < -0.39 is 0 Å². The molecule has 106 valence electrons. The molecule has 0 unspecified atom stereocenters. The Morgan fingerprint density at radius 2 is 2.25 bits per heavy atom. The van der Waals surface area contributed by atoms with E-state index in [0.717, 1.165) is 29.8 Å². The molecule has 1 amide bonds. The predicted molar refractivity (Wildman–Crippen MR) is 80.2 cm³/mol. The van der Waals surface area contributed by atoms with Crippen LogP contribution in [0.2, 0.25) is 0 Å². The number of hydrogen-bond acceptors (Lipinski definition) is 3. The van der Waals surface area contributed by atoms with Gasteiger partial charge in [0.05, 0.1) is 11.2 Å². The predicted octanol–water partition coefficient (Wildman–Crippen LogP) is 2.71. The lowest BCUT2D eigenvalue weighted by Gasteiger charge is -2.02. The minimum atomic E-state index is 0.0580. The zero-order chi connectivity index (χ0) is 13.8. The van der Waals surface area contributed by atoms with Crippen molar-refractivity contribution in [3.05, 3.63) is 39.6 Å². The number of H-pyrrole nitrogens is 1. The second-order valence-corrected chi connectivity index (χ2v) is 6.34. The minimum Gasteiger partial charge on any atom is -0.351 e. The van der Waals surface area contributed by atoms with Crippen LogP contribution < -0.4 is 5.32 Å². The number of nitrogens with one attached hydrogen (secondary N) is 2. The van der Waals surface area contributed by atoms with Gasteiger partial charge in [0.1, 0.15) is 0 Å². The zero-order valence-electron chi connectivity index (χ0n) is 11.4. The molecule has 0 spiro atoms. The van der Waals surface area contributed by atoms with Gasteiger partial charge in [-0.25, -0.2) is 4.98 Å². The van der Waals surface area contributed by atoms with E-state index in [-0.39, 0.29) is 5.91 Å². The number of thiophene rings is 1. The van der Waals surface area contributed by atoms with Crippen molar-refractivity contribution < 1.29 is 4.79 Å². The van der Waals surface area contributed by atoms with Crippen molar-refractivity contribution in [2.24, 2.45) is 0 Å². The molecule has 5 heteroatoms. The number of aromatic nitrogens is 2. The highest BCUT2D eigenvalue weighted by Crippen LogP contribution is 2.28. The summed E-state index contributed by atoms with van der Waals surface area (Å²) in [5, 5.41) is 2.99. The lowest BCUT2D eigenvalue weighted by molar-refractivity contribution is 0.0958. The Bertz CT molecular complexity index is 550. The molecule has 0 aromatic carbocycles. The SMILES string of the molecule is O=C(NCCc1cnc[nH]1)c1cc2c(s1)CCCCC2. The third-order valence-electron chi connectivity index (χ3n) is 3.71. The van der Waals surface area contributed by atoms with Crippen molar-refractivity contribution in [2.45, 2.75) is 38.5 Å². The largest absolute Gasteiger partial charge is 0.351 e. The summed E-state index contributed by atoms with van der Waals surface area (Å²) in [7, 11) is 0. The number of aromatic amines is 1. The topological polar surface area (TPSA) is 57.8 Å². The fourth-order valence-electron chi connectivity index (χ4n) is 2.60. The van der Waals surface area contributed by atoms with Crippen LogP contribution in [0.4, 0.5) is 0 Å². The Balaban J connectivity index is 1.57. The number of carbonyl (C=O) groups excluding carboxylic acids is 1. The molecule has 0 aliphatic heterocycles. The van der Waals surface area contributed by atoms with Crippen LogP contribution in [0, 0.1) is 0 Å². The molecular weight excluding hydrogens is 270 g/mol. The Labute approximate surface area is 122 Å². The molecule has 0 radical (unpaired) electrons. The quantitative estimate of drug-likeness (QED) is 0.850. The molecule has 3 rings (SSSR count). The molecule has 0 bridgehead atoms. The Morgan fingerprint density at radius 1 is 1.35 bits per heavy atom. The van der Waals surface area contributed by atoms with Crippen LogP contribution in [0.1, 0.15) is 45.1 Å². The van der Waals surface area contributed by atoms with Crippen molar-refractivity contribution in [1.29, 1.82) is 0 Å². The van der Waals surface area contributed by atoms with Crippen LogP contribution in [0.3, 0.4) is 0 Å². The average Bonchev–Trinajstić information content (AvgIpc) is 3.05. The average molecular weight is 289 g/mol. The van der Waals surface area contributed by atoms with Crippen LogP contribution in [-0.2, 0) is 19.3 Å². The highest BCUT2D eigenvalue weighted by molar-refractivity contribution is 7.14. The molecule has 1 aliphatic carbocycles. The van der Waals surface area contributed by atoms with Crippen LogP contribution in [0.15, 0.2) is 18.6 Å². The summed E-state index contributed by atoms with van der Waals surface area (Å²) in [6, 6.07) is 2.09. The summed E-state index contributed by atoms with van der Waals surface area (Å²) in [5.41, 5.74) is 2.44. The van der Waals surface area contributed by atoms with Gasteiger partial charge in [-0.15, -0.1) is 11.3 Å². The maximum atomic E-state index is 12.2. The zero-order valence-corrected chi connectivity index (χ0v) is 12.3. The molecule has 0 saturated heterocycles. The molecule has 0 saturated carbocycles. The van der Waals surface area contributed by atoms with Crippen LogP contribution >= 0.6 is 11.3 Å². The first-order valence-electron chi connectivity index (χ1n) is 7.20. The maximum absolute atomic E-state index is 12.2. The van der Waals surface area contributed by atoms with E-state index in [2.05, 4.69) is 21.4 Å². The molecule has 4 nitrogen and oxygen atoms in total. The molecule has 1 aliphatic rings. The summed E-state index contributed by atoms with van der Waals surface area (Å²) in [4.78, 5) is 21.4. The number of nitrogens with zero attached hydrogens (tertiary/aromatic N) is 1. The van der Waals surface area contributed by atoms with E-state index >= 15 is 0 Å². The smallest absolute Gasteiger partial charge is 0.261 e. The third kappa shape index (κ3) is 3.10. The van der Waals surface area contributed by atoms with Crippen molar-refractivity contribution in [3.63, 3.8) is 0 Å². The van der Waals surface area contributed by atoms with Gasteiger partial charge in [-0.1, -0.05) is 6.42 Å². The van der Waals surface area contributed by atoms with Crippen LogP contribution in [-0.4, -0.2) is 22.4 Å². The minimum absolute atomic E-state index is 0.0580. The second-order valence-electron chi connectivity index (χ2n) is 5.20. The summed E-state index contributed by atoms with van der Waals surface area (Å²) in [6.07, 6.45) is 10.3. The summed E-state index contributed by atoms with van der Waals surface area (Å²) >= 11 is 1.67. The number of imidazole rings is 1. The molecule has 20 heavy (non-hydrogen) atoms. The standard InChI is InChI=1S/C15H19N3OS/c19-15(17-7-6-12-9-16-10-18-12)14-8-11-4-2-1-3-5-13(11)20-14/h8-10H,1-7H2,(H,16,18)(H,17,19). The fourth-order valence-corrected chi connectivity index (χ4v) is 3.77. The Morgan fingerprint density at radius 3 is 3.10 bits per heavy atom. The molecular formula is C15H19N3OS. The van der Waals surface area contributed by atoms with Crippen molar-refractivity contribution >= 4 is 17.2 Å². The number of rotatable bonds is 4. The molecule has 2 aromatic heterocycles. The van der Waals surface area contributed by atoms with Gasteiger partial charge in [0.25, 0.3) is 5.91 Å². The molecule has 2 heterocycles. The summed E-state index contributed by atoms with van der Waals surface area (Å²) < 4.78 is 0. The van der Waals surface area contributed by atoms with E-state index in [1.165, 1.54) is 29.7 Å². The van der Waals surface area contributed by atoms with Crippen LogP contribution in [0.25, 0.3) is 0 Å². The highest BCUT2D eigenvalue weighted by Gasteiger charge is 2.16. The molecule has 0 atom stereocenters. The van der Waals surface area contributed by atoms with E-state index in [1.54, 1.807) is 23.9 Å². The normalized spacial score (nSPS) is 14.6. The molecule has 0 fully saturated rings. The highest BCUT2D eigenvalue weighted by atomic mass is 32.1. The van der Waals surface area contributed by atoms with Gasteiger partial charge < -0.3 is 10.3 Å². The number of carbonyl (C=O) groups is 1. The van der Waals surface area contributed by atoms with E-state index in [4.69, 9.17) is 0 Å². The summed E-state index contributed by atoms with van der Waals surface area (Å²) in [5.74, 6) is 0.0580. The monoisotopic (exact) mass is 289 g/mol. The Hall–Kier alpha value is -1.62. The molecule has 2 N–H and O–H groups in total. The van der Waals surface area contributed by atoms with Crippen LogP contribution in [0.5, 0.6) is 0 Å². The van der Waals surface area contributed by atoms with Crippen molar-refractivity contribution in [2.75, 3.05) is 6.54 Å². The van der Waals surface area contributed by atoms with Gasteiger partial charge in [0, 0.05) is 29.7 Å². The first kappa shape index (κ1) is 13.4. The first-order chi connectivity index (χ1) is 9.83.